The maximum atomic E-state index is 12.0. The number of aromatic amines is 2. The lowest BCUT2D eigenvalue weighted by molar-refractivity contribution is 0.481. The summed E-state index contributed by atoms with van der Waals surface area (Å²) < 4.78 is 0. The minimum absolute atomic E-state index is 0.0573. The third-order valence-corrected chi connectivity index (χ3v) is 3.02. The minimum Gasteiger partial charge on any atom is -0.505 e. The molecule has 0 unspecified atom stereocenters. The molecule has 0 saturated heterocycles. The number of fused-ring (bicyclic) bond motifs is 1. The van der Waals surface area contributed by atoms with Crippen molar-refractivity contribution in [2.75, 3.05) is 0 Å². The van der Waals surface area contributed by atoms with E-state index < -0.39 is 5.56 Å². The van der Waals surface area contributed by atoms with Gasteiger partial charge in [0.2, 0.25) is 5.95 Å². The number of azo groups is 1. The molecule has 1 aromatic carbocycles. The molecule has 0 atom stereocenters. The summed E-state index contributed by atoms with van der Waals surface area (Å²) in [6.45, 7) is 0. The lowest BCUT2D eigenvalue weighted by atomic mass is 10.2. The van der Waals surface area contributed by atoms with E-state index in [1.54, 1.807) is 36.4 Å². The molecule has 3 aromatic rings. The molecule has 0 aliphatic carbocycles. The van der Waals surface area contributed by atoms with Crippen molar-refractivity contribution in [3.63, 3.8) is 0 Å². The maximum absolute atomic E-state index is 12.0. The molecule has 3 N–H and O–H groups in total. The van der Waals surface area contributed by atoms with Gasteiger partial charge in [0.25, 0.3) is 5.56 Å². The van der Waals surface area contributed by atoms with Gasteiger partial charge in [-0.1, -0.05) is 12.1 Å². The van der Waals surface area contributed by atoms with Gasteiger partial charge in [0, 0.05) is 5.39 Å². The van der Waals surface area contributed by atoms with Gasteiger partial charge < -0.3 is 15.1 Å². The number of nitriles is 2. The molecule has 0 aliphatic rings. The van der Waals surface area contributed by atoms with Gasteiger partial charge in [-0.25, -0.2) is 0 Å². The van der Waals surface area contributed by atoms with Crippen LogP contribution < -0.4 is 5.56 Å². The third kappa shape index (κ3) is 2.39. The van der Waals surface area contributed by atoms with Crippen molar-refractivity contribution in [3.05, 3.63) is 46.0 Å². The number of hydrogen-bond donors (Lipinski definition) is 3. The first kappa shape index (κ1) is 14.0. The second-order valence-corrected chi connectivity index (χ2v) is 4.40. The zero-order valence-electron chi connectivity index (χ0n) is 11.4. The predicted octanol–water partition coefficient (Wildman–Crippen LogP) is 2.12. The van der Waals surface area contributed by atoms with Gasteiger partial charge in [-0.05, 0) is 12.1 Å². The topological polar surface area (TPSA) is 154 Å². The lowest BCUT2D eigenvalue weighted by Crippen LogP contribution is -2.04. The fourth-order valence-corrected chi connectivity index (χ4v) is 1.98. The van der Waals surface area contributed by atoms with Crippen LogP contribution in [0, 0.1) is 22.7 Å². The highest BCUT2D eigenvalue weighted by Crippen LogP contribution is 2.30. The summed E-state index contributed by atoms with van der Waals surface area (Å²) in [5, 5.41) is 35.5. The molecular formula is C14H7N7O2. The summed E-state index contributed by atoms with van der Waals surface area (Å²) in [7, 11) is 0. The molecule has 0 fully saturated rings. The van der Waals surface area contributed by atoms with Crippen molar-refractivity contribution < 1.29 is 5.11 Å². The molecule has 110 valence electrons. The quantitative estimate of drug-likeness (QED) is 0.618. The summed E-state index contributed by atoms with van der Waals surface area (Å²) in [6, 6.07) is 10.2. The van der Waals surface area contributed by atoms with Crippen LogP contribution in [0.2, 0.25) is 0 Å². The van der Waals surface area contributed by atoms with Gasteiger partial charge in [-0.15, -0.1) is 10.2 Å². The number of aromatic nitrogens is 3. The van der Waals surface area contributed by atoms with Crippen LogP contribution in [0.15, 0.2) is 39.3 Å². The molecule has 0 bridgehead atoms. The smallest absolute Gasteiger partial charge is 0.280 e. The second kappa shape index (κ2) is 5.42. The Labute approximate surface area is 128 Å². The monoisotopic (exact) mass is 305 g/mol. The SMILES string of the molecule is N#Cc1nc(N=Nc2c(O)c3ccccc3[nH]c2=O)[nH]c1C#N. The van der Waals surface area contributed by atoms with Crippen molar-refractivity contribution in [3.8, 4) is 17.9 Å². The lowest BCUT2D eigenvalue weighted by Gasteiger charge is -2.02. The highest BCUT2D eigenvalue weighted by molar-refractivity contribution is 5.88. The van der Waals surface area contributed by atoms with E-state index in [0.717, 1.165) is 0 Å². The number of aromatic hydroxyl groups is 1. The van der Waals surface area contributed by atoms with Crippen LogP contribution >= 0.6 is 0 Å². The van der Waals surface area contributed by atoms with Gasteiger partial charge >= 0.3 is 0 Å². The second-order valence-electron chi connectivity index (χ2n) is 4.40. The largest absolute Gasteiger partial charge is 0.505 e. The number of H-pyrrole nitrogens is 2. The first-order valence-corrected chi connectivity index (χ1v) is 6.30. The number of rotatable bonds is 2. The standard InChI is InChI=1S/C14H7N7O2/c15-5-9-10(6-16)19-14(18-9)21-20-11-12(22)7-3-1-2-4-8(7)17-13(11)23/h1-4H,(H,18,19)(H2,17,22,23). The number of hydrogen-bond acceptors (Lipinski definition) is 7. The number of imidazole rings is 1. The third-order valence-electron chi connectivity index (χ3n) is 3.02. The van der Waals surface area contributed by atoms with E-state index in [-0.39, 0.29) is 28.8 Å². The van der Waals surface area contributed by atoms with Gasteiger partial charge in [-0.2, -0.15) is 15.5 Å². The van der Waals surface area contributed by atoms with E-state index >= 15 is 0 Å². The highest BCUT2D eigenvalue weighted by Gasteiger charge is 2.12. The van der Waals surface area contributed by atoms with Crippen molar-refractivity contribution in [1.82, 2.24) is 15.0 Å². The zero-order chi connectivity index (χ0) is 16.4. The molecule has 0 spiro atoms. The fraction of sp³-hybridized carbons (Fsp3) is 0. The Morgan fingerprint density at radius 1 is 1.13 bits per heavy atom. The summed E-state index contributed by atoms with van der Waals surface area (Å²) in [4.78, 5) is 20.7. The van der Waals surface area contributed by atoms with Crippen LogP contribution in [0.1, 0.15) is 11.4 Å². The van der Waals surface area contributed by atoms with E-state index in [0.29, 0.717) is 10.9 Å². The first-order valence-electron chi connectivity index (χ1n) is 6.30. The Kier molecular flexibility index (Phi) is 3.30. The molecule has 9 heteroatoms. The van der Waals surface area contributed by atoms with Crippen LogP contribution in [-0.4, -0.2) is 20.1 Å². The molecule has 3 rings (SSSR count). The molecular weight excluding hydrogens is 298 g/mol. The van der Waals surface area contributed by atoms with Crippen LogP contribution in [0.3, 0.4) is 0 Å². The Bertz CT molecular complexity index is 1050. The Balaban J connectivity index is 2.09. The molecule has 0 radical (unpaired) electrons. The molecule has 2 heterocycles. The predicted molar refractivity (Wildman–Crippen MR) is 78.4 cm³/mol. The van der Waals surface area contributed by atoms with Crippen molar-refractivity contribution in [1.29, 1.82) is 10.5 Å². The summed E-state index contributed by atoms with van der Waals surface area (Å²) in [5.74, 6) is -0.439. The Hall–Kier alpha value is -3.98. The normalized spacial score (nSPS) is 10.7. The van der Waals surface area contributed by atoms with Crippen LogP contribution in [0.25, 0.3) is 10.9 Å². The van der Waals surface area contributed by atoms with Gasteiger partial charge in [0.05, 0.1) is 5.52 Å². The van der Waals surface area contributed by atoms with Gasteiger partial charge in [0.15, 0.2) is 22.8 Å². The van der Waals surface area contributed by atoms with E-state index in [2.05, 4.69) is 25.2 Å². The molecule has 0 saturated carbocycles. The van der Waals surface area contributed by atoms with E-state index in [1.165, 1.54) is 0 Å². The van der Waals surface area contributed by atoms with E-state index in [9.17, 15) is 9.90 Å². The zero-order valence-corrected chi connectivity index (χ0v) is 11.4. The minimum atomic E-state index is -0.627. The van der Waals surface area contributed by atoms with Gasteiger partial charge in [-0.3, -0.25) is 4.79 Å². The maximum Gasteiger partial charge on any atom is 0.280 e. The average Bonchev–Trinajstić information content (AvgIpc) is 2.97. The highest BCUT2D eigenvalue weighted by atomic mass is 16.3. The Morgan fingerprint density at radius 2 is 1.91 bits per heavy atom. The number of benzene rings is 1. The first-order chi connectivity index (χ1) is 11.1. The van der Waals surface area contributed by atoms with Crippen LogP contribution in [0.5, 0.6) is 5.75 Å². The van der Waals surface area contributed by atoms with Gasteiger partial charge in [0.1, 0.15) is 12.1 Å². The molecule has 0 amide bonds. The number of pyridine rings is 1. The summed E-state index contributed by atoms with van der Waals surface area (Å²) in [5.41, 5.74) is -0.642. The summed E-state index contributed by atoms with van der Waals surface area (Å²) >= 11 is 0. The average molecular weight is 305 g/mol. The number of para-hydroxylation sites is 1. The van der Waals surface area contributed by atoms with Crippen molar-refractivity contribution in [2.45, 2.75) is 0 Å². The van der Waals surface area contributed by atoms with Crippen molar-refractivity contribution >= 4 is 22.5 Å². The van der Waals surface area contributed by atoms with Crippen molar-refractivity contribution in [2.24, 2.45) is 10.2 Å². The Morgan fingerprint density at radius 3 is 2.61 bits per heavy atom. The van der Waals surface area contributed by atoms with E-state index in [1.807, 2.05) is 0 Å². The number of nitrogens with zero attached hydrogens (tertiary/aromatic N) is 5. The summed E-state index contributed by atoms with van der Waals surface area (Å²) in [6.07, 6.45) is 0. The van der Waals surface area contributed by atoms with E-state index in [4.69, 9.17) is 10.5 Å². The van der Waals surface area contributed by atoms with Crippen LogP contribution in [0.4, 0.5) is 11.6 Å². The van der Waals surface area contributed by atoms with Crippen LogP contribution in [-0.2, 0) is 0 Å². The molecule has 9 nitrogen and oxygen atoms in total. The molecule has 23 heavy (non-hydrogen) atoms. The number of nitrogens with one attached hydrogen (secondary N) is 2. The fourth-order valence-electron chi connectivity index (χ4n) is 1.98. The molecule has 0 aliphatic heterocycles. The molecule has 2 aromatic heterocycles.